The third kappa shape index (κ3) is 1.95. The lowest BCUT2D eigenvalue weighted by Crippen LogP contribution is -2.12. The predicted octanol–water partition coefficient (Wildman–Crippen LogP) is 1.82. The van der Waals surface area contributed by atoms with Crippen LogP contribution in [0.2, 0.25) is 0 Å². The maximum atomic E-state index is 12.1. The fraction of sp³-hybridized carbons (Fsp3) is 0. The maximum Gasteiger partial charge on any atom is 0.263 e. The minimum Gasteiger partial charge on any atom is -0.345 e. The molecule has 6 nitrogen and oxygen atoms in total. The molecular formula is C10H8N4O2S2. The molecule has 2 N–H and O–H groups in total. The Morgan fingerprint density at radius 1 is 1.28 bits per heavy atom. The number of hydrogen-bond acceptors (Lipinski definition) is 5. The quantitative estimate of drug-likeness (QED) is 0.766. The largest absolute Gasteiger partial charge is 0.345 e. The summed E-state index contributed by atoms with van der Waals surface area (Å²) in [6.45, 7) is 0. The standard InChI is InChI=1S/C10H8N4O2S2/c15-18(16,14-10-11-3-4-17-10)7-1-2-8-9(5-7)13-6-12-8/h1-6H,(H,11,14)(H,12,13). The number of rotatable bonds is 3. The summed E-state index contributed by atoms with van der Waals surface area (Å²) < 4.78 is 26.6. The third-order valence-corrected chi connectivity index (χ3v) is 4.51. The number of thiazole rings is 1. The van der Waals surface area contributed by atoms with E-state index in [2.05, 4.69) is 19.7 Å². The molecule has 0 atom stereocenters. The molecule has 8 heteroatoms. The highest BCUT2D eigenvalue weighted by atomic mass is 32.2. The molecule has 0 amide bonds. The van der Waals surface area contributed by atoms with Gasteiger partial charge in [-0.15, -0.1) is 11.3 Å². The van der Waals surface area contributed by atoms with Crippen LogP contribution in [0.5, 0.6) is 0 Å². The highest BCUT2D eigenvalue weighted by Crippen LogP contribution is 2.20. The van der Waals surface area contributed by atoms with Gasteiger partial charge in [0.15, 0.2) is 5.13 Å². The highest BCUT2D eigenvalue weighted by molar-refractivity contribution is 7.93. The van der Waals surface area contributed by atoms with Crippen molar-refractivity contribution < 1.29 is 8.42 Å². The first-order valence-electron chi connectivity index (χ1n) is 5.01. The lowest BCUT2D eigenvalue weighted by Gasteiger charge is -2.04. The Labute approximate surface area is 107 Å². The number of benzene rings is 1. The zero-order chi connectivity index (χ0) is 12.6. The first kappa shape index (κ1) is 11.2. The Morgan fingerprint density at radius 3 is 2.94 bits per heavy atom. The SMILES string of the molecule is O=S(=O)(Nc1nccs1)c1ccc2nc[nH]c2c1. The molecule has 0 aliphatic rings. The van der Waals surface area contributed by atoms with Gasteiger partial charge in [0.05, 0.1) is 22.3 Å². The smallest absolute Gasteiger partial charge is 0.263 e. The number of hydrogen-bond donors (Lipinski definition) is 2. The molecule has 18 heavy (non-hydrogen) atoms. The van der Waals surface area contributed by atoms with E-state index in [0.717, 1.165) is 5.52 Å². The summed E-state index contributed by atoms with van der Waals surface area (Å²) in [6.07, 6.45) is 3.07. The molecule has 2 heterocycles. The number of fused-ring (bicyclic) bond motifs is 1. The van der Waals surface area contributed by atoms with Crippen molar-refractivity contribution in [3.63, 3.8) is 0 Å². The van der Waals surface area contributed by atoms with E-state index < -0.39 is 10.0 Å². The summed E-state index contributed by atoms with van der Waals surface area (Å²) in [5.74, 6) is 0. The van der Waals surface area contributed by atoms with Gasteiger partial charge in [0.25, 0.3) is 10.0 Å². The topological polar surface area (TPSA) is 87.7 Å². The number of sulfonamides is 1. The molecule has 3 rings (SSSR count). The second-order valence-electron chi connectivity index (χ2n) is 3.52. The van der Waals surface area contributed by atoms with Gasteiger partial charge in [0.1, 0.15) is 0 Å². The van der Waals surface area contributed by atoms with E-state index in [1.54, 1.807) is 17.6 Å². The summed E-state index contributed by atoms with van der Waals surface area (Å²) in [4.78, 5) is 11.0. The van der Waals surface area contributed by atoms with Crippen LogP contribution in [0.1, 0.15) is 0 Å². The molecule has 3 aromatic rings. The van der Waals surface area contributed by atoms with Crippen molar-refractivity contribution in [2.24, 2.45) is 0 Å². The van der Waals surface area contributed by atoms with E-state index >= 15 is 0 Å². The Balaban J connectivity index is 2.02. The Kier molecular flexibility index (Phi) is 2.53. The van der Waals surface area contributed by atoms with Gasteiger partial charge in [-0.25, -0.2) is 18.4 Å². The summed E-state index contributed by atoms with van der Waals surface area (Å²) in [7, 11) is -3.60. The third-order valence-electron chi connectivity index (χ3n) is 2.36. The van der Waals surface area contributed by atoms with Gasteiger partial charge in [-0.3, -0.25) is 4.72 Å². The average Bonchev–Trinajstić information content (AvgIpc) is 2.97. The van der Waals surface area contributed by atoms with Gasteiger partial charge in [-0.2, -0.15) is 0 Å². The normalized spacial score (nSPS) is 11.8. The minimum atomic E-state index is -3.60. The molecular weight excluding hydrogens is 272 g/mol. The Bertz CT molecular complexity index is 777. The number of nitrogens with one attached hydrogen (secondary N) is 2. The number of H-pyrrole nitrogens is 1. The number of aromatic nitrogens is 3. The highest BCUT2D eigenvalue weighted by Gasteiger charge is 2.16. The fourth-order valence-electron chi connectivity index (χ4n) is 1.53. The van der Waals surface area contributed by atoms with Crippen molar-refractivity contribution in [2.75, 3.05) is 4.72 Å². The van der Waals surface area contributed by atoms with Gasteiger partial charge < -0.3 is 4.98 Å². The molecule has 2 aromatic heterocycles. The van der Waals surface area contributed by atoms with Crippen molar-refractivity contribution >= 4 is 37.5 Å². The second-order valence-corrected chi connectivity index (χ2v) is 6.10. The van der Waals surface area contributed by atoms with E-state index in [1.165, 1.54) is 29.8 Å². The molecule has 0 saturated carbocycles. The van der Waals surface area contributed by atoms with Crippen molar-refractivity contribution in [1.29, 1.82) is 0 Å². The Hall–Kier alpha value is -1.93. The number of imidazole rings is 1. The van der Waals surface area contributed by atoms with Gasteiger partial charge in [0.2, 0.25) is 0 Å². The summed E-state index contributed by atoms with van der Waals surface area (Å²) in [6, 6.07) is 4.71. The molecule has 1 aromatic carbocycles. The van der Waals surface area contributed by atoms with Crippen LogP contribution in [0.25, 0.3) is 11.0 Å². The minimum absolute atomic E-state index is 0.175. The maximum absolute atomic E-state index is 12.1. The molecule has 92 valence electrons. The molecule has 0 aliphatic carbocycles. The first-order valence-corrected chi connectivity index (χ1v) is 7.37. The molecule has 0 unspecified atom stereocenters. The Morgan fingerprint density at radius 2 is 2.17 bits per heavy atom. The summed E-state index contributed by atoms with van der Waals surface area (Å²) in [5.41, 5.74) is 1.40. The van der Waals surface area contributed by atoms with Crippen molar-refractivity contribution in [3.05, 3.63) is 36.1 Å². The summed E-state index contributed by atoms with van der Waals surface area (Å²) in [5, 5.41) is 2.05. The zero-order valence-corrected chi connectivity index (χ0v) is 10.6. The van der Waals surface area contributed by atoms with E-state index in [9.17, 15) is 8.42 Å². The molecule has 0 aliphatic heterocycles. The first-order chi connectivity index (χ1) is 8.65. The lowest BCUT2D eigenvalue weighted by atomic mass is 10.3. The van der Waals surface area contributed by atoms with Crippen LogP contribution in [-0.4, -0.2) is 23.4 Å². The van der Waals surface area contributed by atoms with Crippen molar-refractivity contribution in [3.8, 4) is 0 Å². The van der Waals surface area contributed by atoms with Gasteiger partial charge in [0, 0.05) is 11.6 Å². The number of anilines is 1. The van der Waals surface area contributed by atoms with Crippen LogP contribution >= 0.6 is 11.3 Å². The average molecular weight is 280 g/mol. The van der Waals surface area contributed by atoms with Crippen molar-refractivity contribution in [2.45, 2.75) is 4.90 Å². The summed E-state index contributed by atoms with van der Waals surface area (Å²) >= 11 is 1.23. The van der Waals surface area contributed by atoms with Crippen LogP contribution in [-0.2, 0) is 10.0 Å². The van der Waals surface area contributed by atoms with Crippen LogP contribution in [0.4, 0.5) is 5.13 Å². The molecule has 0 spiro atoms. The molecule has 0 fully saturated rings. The number of nitrogens with zero attached hydrogens (tertiary/aromatic N) is 2. The predicted molar refractivity (Wildman–Crippen MR) is 69.0 cm³/mol. The van der Waals surface area contributed by atoms with E-state index in [-0.39, 0.29) is 4.90 Å². The van der Waals surface area contributed by atoms with Gasteiger partial charge in [-0.1, -0.05) is 0 Å². The van der Waals surface area contributed by atoms with Crippen LogP contribution < -0.4 is 4.72 Å². The van der Waals surface area contributed by atoms with Crippen LogP contribution in [0, 0.1) is 0 Å². The fourth-order valence-corrected chi connectivity index (χ4v) is 3.34. The van der Waals surface area contributed by atoms with Gasteiger partial charge >= 0.3 is 0 Å². The van der Waals surface area contributed by atoms with E-state index in [1.807, 2.05) is 0 Å². The zero-order valence-electron chi connectivity index (χ0n) is 8.99. The van der Waals surface area contributed by atoms with Gasteiger partial charge in [-0.05, 0) is 18.2 Å². The number of aromatic amines is 1. The molecule has 0 bridgehead atoms. The van der Waals surface area contributed by atoms with E-state index in [0.29, 0.717) is 10.6 Å². The van der Waals surface area contributed by atoms with Crippen molar-refractivity contribution in [1.82, 2.24) is 15.0 Å². The monoisotopic (exact) mass is 280 g/mol. The van der Waals surface area contributed by atoms with Crippen LogP contribution in [0.3, 0.4) is 0 Å². The molecule has 0 saturated heterocycles. The lowest BCUT2D eigenvalue weighted by molar-refractivity contribution is 0.601. The second kappa shape index (κ2) is 4.07. The van der Waals surface area contributed by atoms with Crippen LogP contribution in [0.15, 0.2) is 41.0 Å². The molecule has 0 radical (unpaired) electrons. The van der Waals surface area contributed by atoms with E-state index in [4.69, 9.17) is 0 Å².